The van der Waals surface area contributed by atoms with Crippen molar-refractivity contribution in [2.45, 2.75) is 63.4 Å². The zero-order valence-electron chi connectivity index (χ0n) is 10.5. The molecule has 1 saturated carbocycles. The number of nitrogens with one attached hydrogen (secondary N) is 1. The summed E-state index contributed by atoms with van der Waals surface area (Å²) in [4.78, 5) is 0. The summed E-state index contributed by atoms with van der Waals surface area (Å²) >= 11 is 0. The molecular formula is C14H27NO. The average Bonchev–Trinajstić information content (AvgIpc) is 2.29. The minimum atomic E-state index is -0.403. The monoisotopic (exact) mass is 225 g/mol. The second kappa shape index (κ2) is 7.86. The van der Waals surface area contributed by atoms with Gasteiger partial charge in [-0.15, -0.1) is 6.58 Å². The van der Waals surface area contributed by atoms with E-state index in [1.807, 2.05) is 6.08 Å². The number of rotatable bonds is 8. The molecule has 0 aromatic heterocycles. The van der Waals surface area contributed by atoms with Crippen molar-refractivity contribution in [2.24, 2.45) is 0 Å². The smallest absolute Gasteiger partial charge is 0.0771 e. The Labute approximate surface area is 100 Å². The van der Waals surface area contributed by atoms with Gasteiger partial charge in [-0.2, -0.15) is 0 Å². The lowest BCUT2D eigenvalue weighted by Crippen LogP contribution is -2.42. The van der Waals surface area contributed by atoms with E-state index >= 15 is 0 Å². The van der Waals surface area contributed by atoms with Crippen LogP contribution in [-0.4, -0.2) is 23.8 Å². The van der Waals surface area contributed by atoms with Crippen LogP contribution < -0.4 is 5.32 Å². The predicted octanol–water partition coefficient (Wildman–Crippen LogP) is 3.02. The molecule has 1 aliphatic rings. The molecule has 0 spiro atoms. The molecule has 2 N–H and O–H groups in total. The average molecular weight is 225 g/mol. The van der Waals surface area contributed by atoms with Gasteiger partial charge in [-0.25, -0.2) is 0 Å². The van der Waals surface area contributed by atoms with E-state index in [-0.39, 0.29) is 0 Å². The zero-order chi connectivity index (χ0) is 11.7. The van der Waals surface area contributed by atoms with Gasteiger partial charge < -0.3 is 10.4 Å². The van der Waals surface area contributed by atoms with Crippen LogP contribution in [-0.2, 0) is 0 Å². The minimum absolute atomic E-state index is 0.403. The van der Waals surface area contributed by atoms with Crippen molar-refractivity contribution in [2.75, 3.05) is 13.1 Å². The Morgan fingerprint density at radius 1 is 1.12 bits per heavy atom. The Balaban J connectivity index is 1.95. The first-order valence-corrected chi connectivity index (χ1v) is 6.81. The molecule has 1 fully saturated rings. The van der Waals surface area contributed by atoms with Gasteiger partial charge in [0.05, 0.1) is 5.60 Å². The summed E-state index contributed by atoms with van der Waals surface area (Å²) in [6.07, 6.45) is 12.5. The maximum absolute atomic E-state index is 10.2. The van der Waals surface area contributed by atoms with Crippen molar-refractivity contribution in [3.8, 4) is 0 Å². The van der Waals surface area contributed by atoms with Crippen LogP contribution in [0.1, 0.15) is 57.8 Å². The van der Waals surface area contributed by atoms with Gasteiger partial charge in [0.25, 0.3) is 0 Å². The Hall–Kier alpha value is -0.340. The second-order valence-electron chi connectivity index (χ2n) is 5.10. The first-order valence-electron chi connectivity index (χ1n) is 6.81. The fourth-order valence-corrected chi connectivity index (χ4v) is 2.42. The fraction of sp³-hybridized carbons (Fsp3) is 0.857. The van der Waals surface area contributed by atoms with E-state index in [1.165, 1.54) is 38.5 Å². The van der Waals surface area contributed by atoms with Crippen LogP contribution in [0.25, 0.3) is 0 Å². The van der Waals surface area contributed by atoms with Crippen LogP contribution in [0.2, 0.25) is 0 Å². The van der Waals surface area contributed by atoms with Gasteiger partial charge in [0.1, 0.15) is 0 Å². The van der Waals surface area contributed by atoms with E-state index in [1.54, 1.807) is 0 Å². The van der Waals surface area contributed by atoms with Crippen LogP contribution in [0.4, 0.5) is 0 Å². The molecule has 0 unspecified atom stereocenters. The van der Waals surface area contributed by atoms with Crippen LogP contribution in [0.3, 0.4) is 0 Å². The lowest BCUT2D eigenvalue weighted by molar-refractivity contribution is 0.00504. The lowest BCUT2D eigenvalue weighted by atomic mass is 9.85. The molecular weight excluding hydrogens is 198 g/mol. The maximum Gasteiger partial charge on any atom is 0.0771 e. The molecule has 0 bridgehead atoms. The quantitative estimate of drug-likeness (QED) is 0.491. The normalized spacial score (nSPS) is 19.6. The first kappa shape index (κ1) is 13.7. The molecule has 16 heavy (non-hydrogen) atoms. The molecule has 0 aliphatic heterocycles. The van der Waals surface area contributed by atoms with E-state index in [0.717, 1.165) is 32.4 Å². The number of aliphatic hydroxyl groups is 1. The summed E-state index contributed by atoms with van der Waals surface area (Å²) in [5, 5.41) is 13.6. The van der Waals surface area contributed by atoms with Crippen LogP contribution >= 0.6 is 0 Å². The minimum Gasteiger partial charge on any atom is -0.389 e. The maximum atomic E-state index is 10.2. The molecule has 0 aromatic carbocycles. The largest absolute Gasteiger partial charge is 0.389 e. The molecule has 0 saturated heterocycles. The third-order valence-corrected chi connectivity index (χ3v) is 3.50. The molecule has 0 radical (unpaired) electrons. The van der Waals surface area contributed by atoms with Gasteiger partial charge in [0, 0.05) is 6.54 Å². The van der Waals surface area contributed by atoms with E-state index in [0.29, 0.717) is 0 Å². The standard InChI is InChI=1S/C14H27NO/c1-2-3-4-5-9-12-15-13-14(16)10-7-6-8-11-14/h2,15-16H,1,3-13H2. The van der Waals surface area contributed by atoms with E-state index in [9.17, 15) is 5.11 Å². The molecule has 1 aliphatic carbocycles. The number of allylic oxidation sites excluding steroid dienone is 1. The Morgan fingerprint density at radius 2 is 1.88 bits per heavy atom. The highest BCUT2D eigenvalue weighted by atomic mass is 16.3. The van der Waals surface area contributed by atoms with Crippen molar-refractivity contribution in [3.05, 3.63) is 12.7 Å². The molecule has 0 atom stereocenters. The summed E-state index contributed by atoms with van der Waals surface area (Å²) < 4.78 is 0. The van der Waals surface area contributed by atoms with Crippen molar-refractivity contribution < 1.29 is 5.11 Å². The third kappa shape index (κ3) is 5.66. The van der Waals surface area contributed by atoms with Crippen molar-refractivity contribution >= 4 is 0 Å². The van der Waals surface area contributed by atoms with Crippen molar-refractivity contribution in [1.29, 1.82) is 0 Å². The zero-order valence-corrected chi connectivity index (χ0v) is 10.5. The summed E-state index contributed by atoms with van der Waals surface area (Å²) in [5.74, 6) is 0. The summed E-state index contributed by atoms with van der Waals surface area (Å²) in [7, 11) is 0. The second-order valence-corrected chi connectivity index (χ2v) is 5.10. The third-order valence-electron chi connectivity index (χ3n) is 3.50. The lowest BCUT2D eigenvalue weighted by Gasteiger charge is -2.32. The first-order chi connectivity index (χ1) is 7.77. The van der Waals surface area contributed by atoms with Crippen LogP contribution in [0.5, 0.6) is 0 Å². The van der Waals surface area contributed by atoms with Crippen molar-refractivity contribution in [1.82, 2.24) is 5.32 Å². The molecule has 0 heterocycles. The Morgan fingerprint density at radius 3 is 2.56 bits per heavy atom. The summed E-state index contributed by atoms with van der Waals surface area (Å²) in [6.45, 7) is 5.54. The molecule has 2 heteroatoms. The molecule has 94 valence electrons. The predicted molar refractivity (Wildman–Crippen MR) is 69.6 cm³/mol. The summed E-state index contributed by atoms with van der Waals surface area (Å²) in [6, 6.07) is 0. The number of unbranched alkanes of at least 4 members (excludes halogenated alkanes) is 3. The van der Waals surface area contributed by atoms with Gasteiger partial charge in [0.15, 0.2) is 0 Å². The van der Waals surface area contributed by atoms with Crippen molar-refractivity contribution in [3.63, 3.8) is 0 Å². The van der Waals surface area contributed by atoms with E-state index in [2.05, 4.69) is 11.9 Å². The molecule has 0 amide bonds. The van der Waals surface area contributed by atoms with Gasteiger partial charge in [-0.05, 0) is 38.6 Å². The van der Waals surface area contributed by atoms with Crippen LogP contribution in [0.15, 0.2) is 12.7 Å². The topological polar surface area (TPSA) is 32.3 Å². The SMILES string of the molecule is C=CCCCCCNCC1(O)CCCCC1. The Bertz CT molecular complexity index is 185. The highest BCUT2D eigenvalue weighted by molar-refractivity contribution is 4.84. The number of hydrogen-bond donors (Lipinski definition) is 2. The molecule has 1 rings (SSSR count). The molecule has 2 nitrogen and oxygen atoms in total. The highest BCUT2D eigenvalue weighted by Gasteiger charge is 2.28. The highest BCUT2D eigenvalue weighted by Crippen LogP contribution is 2.27. The van der Waals surface area contributed by atoms with E-state index in [4.69, 9.17) is 0 Å². The summed E-state index contributed by atoms with van der Waals surface area (Å²) in [5.41, 5.74) is -0.403. The molecule has 0 aromatic rings. The van der Waals surface area contributed by atoms with Crippen LogP contribution in [0, 0.1) is 0 Å². The fourth-order valence-electron chi connectivity index (χ4n) is 2.42. The van der Waals surface area contributed by atoms with Gasteiger partial charge in [-0.3, -0.25) is 0 Å². The van der Waals surface area contributed by atoms with Gasteiger partial charge >= 0.3 is 0 Å². The van der Waals surface area contributed by atoms with Gasteiger partial charge in [-0.1, -0.05) is 31.8 Å². The Kier molecular flexibility index (Phi) is 6.74. The number of hydrogen-bond acceptors (Lipinski definition) is 2. The van der Waals surface area contributed by atoms with E-state index < -0.39 is 5.60 Å². The van der Waals surface area contributed by atoms with Gasteiger partial charge in [0.2, 0.25) is 0 Å².